The number of ether oxygens (including phenoxy) is 2. The Hall–Kier alpha value is -3.91. The van der Waals surface area contributed by atoms with Crippen LogP contribution in [0.25, 0.3) is 0 Å². The van der Waals surface area contributed by atoms with Crippen LogP contribution in [0.2, 0.25) is 0 Å². The number of carbonyl (C=O) groups excluding carboxylic acids is 1. The van der Waals surface area contributed by atoms with Crippen LogP contribution in [-0.4, -0.2) is 54.1 Å². The van der Waals surface area contributed by atoms with Gasteiger partial charge in [0.2, 0.25) is 0 Å². The second kappa shape index (κ2) is 10.1. The highest BCUT2D eigenvalue weighted by Gasteiger charge is 2.17. The molecule has 0 aliphatic carbocycles. The van der Waals surface area contributed by atoms with Crippen LogP contribution >= 0.6 is 0 Å². The molecule has 3 aromatic carbocycles. The van der Waals surface area contributed by atoms with E-state index in [1.54, 1.807) is 0 Å². The number of aromatic hydroxyl groups is 3. The fourth-order valence-electron chi connectivity index (χ4n) is 3.65. The molecule has 1 aliphatic heterocycles. The van der Waals surface area contributed by atoms with Crippen LogP contribution in [0.4, 0.5) is 5.69 Å². The largest absolute Gasteiger partial charge is 0.508 e. The molecule has 8 heteroatoms. The zero-order valence-electron chi connectivity index (χ0n) is 18.0. The summed E-state index contributed by atoms with van der Waals surface area (Å²) in [5.41, 5.74) is 1.87. The molecule has 1 saturated heterocycles. The number of phenols is 3. The predicted molar refractivity (Wildman–Crippen MR) is 123 cm³/mol. The summed E-state index contributed by atoms with van der Waals surface area (Å²) < 4.78 is 11.3. The summed E-state index contributed by atoms with van der Waals surface area (Å²) in [7, 11) is 0. The summed E-state index contributed by atoms with van der Waals surface area (Å²) in [6.07, 6.45) is 0.555. The molecule has 1 fully saturated rings. The number of hydrogen-bond donors (Lipinski definition) is 4. The third-order valence-electron chi connectivity index (χ3n) is 5.38. The van der Waals surface area contributed by atoms with Crippen molar-refractivity contribution in [3.05, 3.63) is 71.8 Å². The Balaban J connectivity index is 1.27. The first-order valence-corrected chi connectivity index (χ1v) is 10.7. The molecule has 0 radical (unpaired) electrons. The van der Waals surface area contributed by atoms with E-state index in [4.69, 9.17) is 9.47 Å². The Labute approximate surface area is 191 Å². The summed E-state index contributed by atoms with van der Waals surface area (Å²) in [5, 5.41) is 31.6. The number of morpholine rings is 1. The van der Waals surface area contributed by atoms with Crippen molar-refractivity contribution < 1.29 is 29.6 Å². The average Bonchev–Trinajstić information content (AvgIpc) is 2.81. The van der Waals surface area contributed by atoms with Crippen LogP contribution in [0.1, 0.15) is 15.9 Å². The van der Waals surface area contributed by atoms with Gasteiger partial charge in [0.15, 0.2) is 0 Å². The van der Waals surface area contributed by atoms with E-state index in [0.29, 0.717) is 18.7 Å². The maximum Gasteiger partial charge on any atom is 0.258 e. The first kappa shape index (κ1) is 22.3. The fraction of sp³-hybridized carbons (Fsp3) is 0.240. The number of nitrogens with one attached hydrogen (secondary N) is 1. The molecule has 1 aliphatic rings. The van der Waals surface area contributed by atoms with Crippen LogP contribution in [0.5, 0.6) is 28.7 Å². The van der Waals surface area contributed by atoms with Crippen molar-refractivity contribution in [1.82, 2.24) is 5.32 Å². The number of benzene rings is 3. The Morgan fingerprint density at radius 1 is 0.909 bits per heavy atom. The van der Waals surface area contributed by atoms with Gasteiger partial charge in [-0.1, -0.05) is 12.1 Å². The Morgan fingerprint density at radius 2 is 1.48 bits per heavy atom. The first-order valence-electron chi connectivity index (χ1n) is 10.7. The number of anilines is 1. The van der Waals surface area contributed by atoms with Crippen LogP contribution < -0.4 is 15.0 Å². The molecule has 33 heavy (non-hydrogen) atoms. The maximum atomic E-state index is 12.2. The normalized spacial score (nSPS) is 13.5. The third-order valence-corrected chi connectivity index (χ3v) is 5.38. The molecule has 172 valence electrons. The molecular weight excluding hydrogens is 424 g/mol. The van der Waals surface area contributed by atoms with Gasteiger partial charge in [0, 0.05) is 37.5 Å². The molecule has 1 amide bonds. The lowest BCUT2D eigenvalue weighted by molar-refractivity contribution is 0.0948. The van der Waals surface area contributed by atoms with Crippen LogP contribution in [0, 0.1) is 0 Å². The number of nitrogens with zero attached hydrogens (tertiary/aromatic N) is 1. The van der Waals surface area contributed by atoms with Crippen LogP contribution in [0.3, 0.4) is 0 Å². The summed E-state index contributed by atoms with van der Waals surface area (Å²) in [4.78, 5) is 14.5. The van der Waals surface area contributed by atoms with Crippen molar-refractivity contribution >= 4 is 11.6 Å². The Kier molecular flexibility index (Phi) is 6.85. The second-order valence-corrected chi connectivity index (χ2v) is 7.70. The van der Waals surface area contributed by atoms with Crippen LogP contribution in [0.15, 0.2) is 60.7 Å². The highest BCUT2D eigenvalue weighted by molar-refractivity contribution is 5.99. The molecule has 8 nitrogen and oxygen atoms in total. The maximum absolute atomic E-state index is 12.2. The van der Waals surface area contributed by atoms with Gasteiger partial charge in [-0.05, 0) is 48.4 Å². The van der Waals surface area contributed by atoms with Crippen molar-refractivity contribution in [3.8, 4) is 28.7 Å². The summed E-state index contributed by atoms with van der Waals surface area (Å²) >= 11 is 0. The SMILES string of the molecule is O=C(NCCc1ccc(Oc2ccc(N3CCOCC3)cc2)cc1)c1c(O)cc(O)cc1O. The van der Waals surface area contributed by atoms with E-state index in [2.05, 4.69) is 10.2 Å². The van der Waals surface area contributed by atoms with Crippen molar-refractivity contribution in [2.24, 2.45) is 0 Å². The lowest BCUT2D eigenvalue weighted by atomic mass is 10.1. The highest BCUT2D eigenvalue weighted by atomic mass is 16.5. The molecule has 4 rings (SSSR count). The Morgan fingerprint density at radius 3 is 2.09 bits per heavy atom. The van der Waals surface area contributed by atoms with E-state index in [0.717, 1.165) is 55.4 Å². The van der Waals surface area contributed by atoms with E-state index in [1.165, 1.54) is 0 Å². The molecule has 0 unspecified atom stereocenters. The van der Waals surface area contributed by atoms with Gasteiger partial charge >= 0.3 is 0 Å². The van der Waals surface area contributed by atoms with Crippen molar-refractivity contribution in [2.45, 2.75) is 6.42 Å². The molecule has 0 saturated carbocycles. The average molecular weight is 450 g/mol. The molecular formula is C25H26N2O6. The first-order chi connectivity index (χ1) is 16.0. The van der Waals surface area contributed by atoms with Crippen molar-refractivity contribution in [1.29, 1.82) is 0 Å². The fourth-order valence-corrected chi connectivity index (χ4v) is 3.65. The molecule has 0 bridgehead atoms. The number of amides is 1. The smallest absolute Gasteiger partial charge is 0.258 e. The molecule has 4 N–H and O–H groups in total. The van der Waals surface area contributed by atoms with Gasteiger partial charge in [0.1, 0.15) is 34.3 Å². The highest BCUT2D eigenvalue weighted by Crippen LogP contribution is 2.31. The molecule has 0 aromatic heterocycles. The third kappa shape index (κ3) is 5.67. The Bertz CT molecular complexity index is 1070. The predicted octanol–water partition coefficient (Wildman–Crippen LogP) is 3.40. The van der Waals surface area contributed by atoms with Gasteiger partial charge in [-0.3, -0.25) is 4.79 Å². The van der Waals surface area contributed by atoms with Crippen LogP contribution in [-0.2, 0) is 11.2 Å². The minimum Gasteiger partial charge on any atom is -0.508 e. The zero-order chi connectivity index (χ0) is 23.2. The van der Waals surface area contributed by atoms with E-state index < -0.39 is 17.4 Å². The van der Waals surface area contributed by atoms with E-state index in [-0.39, 0.29) is 11.3 Å². The van der Waals surface area contributed by atoms with E-state index >= 15 is 0 Å². The second-order valence-electron chi connectivity index (χ2n) is 7.70. The van der Waals surface area contributed by atoms with Crippen molar-refractivity contribution in [3.63, 3.8) is 0 Å². The standard InChI is InChI=1S/C25H26N2O6/c28-19-15-22(29)24(23(30)16-19)25(31)26-10-9-17-1-5-20(6-2-17)33-21-7-3-18(4-8-21)27-11-13-32-14-12-27/h1-8,15-16,28-30H,9-14H2,(H,26,31). The molecule has 0 atom stereocenters. The topological polar surface area (TPSA) is 111 Å². The van der Waals surface area contributed by atoms with Gasteiger partial charge < -0.3 is 35.0 Å². The summed E-state index contributed by atoms with van der Waals surface area (Å²) in [5.74, 6) is -0.447. The molecule has 1 heterocycles. The van der Waals surface area contributed by atoms with Gasteiger partial charge in [-0.15, -0.1) is 0 Å². The summed E-state index contributed by atoms with van der Waals surface area (Å²) in [6.45, 7) is 3.58. The van der Waals surface area contributed by atoms with Gasteiger partial charge in [0.25, 0.3) is 5.91 Å². The van der Waals surface area contributed by atoms with Crippen molar-refractivity contribution in [2.75, 3.05) is 37.7 Å². The van der Waals surface area contributed by atoms with Gasteiger partial charge in [-0.25, -0.2) is 0 Å². The van der Waals surface area contributed by atoms with E-state index in [9.17, 15) is 20.1 Å². The minimum absolute atomic E-state index is 0.267. The number of phenolic OH excluding ortho intramolecular Hbond substituents is 3. The number of hydrogen-bond acceptors (Lipinski definition) is 7. The molecule has 3 aromatic rings. The van der Waals surface area contributed by atoms with E-state index in [1.807, 2.05) is 48.5 Å². The lowest BCUT2D eigenvalue weighted by Crippen LogP contribution is -2.36. The van der Waals surface area contributed by atoms with Gasteiger partial charge in [0.05, 0.1) is 13.2 Å². The monoisotopic (exact) mass is 450 g/mol. The van der Waals surface area contributed by atoms with Gasteiger partial charge in [-0.2, -0.15) is 0 Å². The summed E-state index contributed by atoms with van der Waals surface area (Å²) in [6, 6.07) is 17.5. The minimum atomic E-state index is -0.620. The quantitative estimate of drug-likeness (QED) is 0.437. The lowest BCUT2D eigenvalue weighted by Gasteiger charge is -2.28. The number of carbonyl (C=O) groups is 1. The zero-order valence-corrected chi connectivity index (χ0v) is 18.0. The molecule has 0 spiro atoms. The number of rotatable bonds is 7.